The van der Waals surface area contributed by atoms with Gasteiger partial charge in [-0.05, 0) is 45.4 Å². The van der Waals surface area contributed by atoms with Crippen molar-refractivity contribution in [3.8, 4) is 5.75 Å². The maximum atomic E-state index is 12.0. The van der Waals surface area contributed by atoms with Crippen molar-refractivity contribution in [3.63, 3.8) is 0 Å². The number of carbonyl (C=O) groups excluding carboxylic acids is 1. The van der Waals surface area contributed by atoms with Gasteiger partial charge in [-0.25, -0.2) is 4.79 Å². The first-order valence-corrected chi connectivity index (χ1v) is 7.90. The Morgan fingerprint density at radius 2 is 2.05 bits per heavy atom. The fourth-order valence-corrected chi connectivity index (χ4v) is 2.48. The number of nitrogens with zero attached hydrogens (tertiary/aromatic N) is 2. The molecule has 0 fully saturated rings. The van der Waals surface area contributed by atoms with Crippen LogP contribution < -0.4 is 15.4 Å². The minimum atomic E-state index is -0.307. The normalized spacial score (nSPS) is 12.0. The van der Waals surface area contributed by atoms with Crippen molar-refractivity contribution in [1.29, 1.82) is 0 Å². The van der Waals surface area contributed by atoms with Crippen LogP contribution in [0.1, 0.15) is 37.4 Å². The maximum Gasteiger partial charge on any atom is 0.321 e. The molecule has 6 nitrogen and oxygen atoms in total. The first-order valence-electron chi connectivity index (χ1n) is 7.08. The summed E-state index contributed by atoms with van der Waals surface area (Å²) in [4.78, 5) is 12.0. The number of ether oxygens (including phenoxy) is 1. The second kappa shape index (κ2) is 7.22. The molecule has 1 aromatic heterocycles. The standard InChI is InChI=1S/C15H20N4O2S/c1-9(2)21-13-7-5-6-12(8-13)10(3)16-14(20)17-15-19-18-11(4)22-15/h5-10H,1-4H3,(H2,16,17,19,20)/t10-/m1/s1. The number of anilines is 1. The Balaban J connectivity index is 1.96. The van der Waals surface area contributed by atoms with E-state index in [0.717, 1.165) is 16.3 Å². The van der Waals surface area contributed by atoms with Crippen LogP contribution in [0.5, 0.6) is 5.75 Å². The summed E-state index contributed by atoms with van der Waals surface area (Å²) >= 11 is 1.33. The number of hydrogen-bond acceptors (Lipinski definition) is 5. The molecule has 0 saturated carbocycles. The number of nitrogens with one attached hydrogen (secondary N) is 2. The minimum Gasteiger partial charge on any atom is -0.491 e. The second-order valence-corrected chi connectivity index (χ2v) is 6.37. The van der Waals surface area contributed by atoms with Crippen molar-refractivity contribution < 1.29 is 9.53 Å². The highest BCUT2D eigenvalue weighted by atomic mass is 32.1. The van der Waals surface area contributed by atoms with Gasteiger partial charge < -0.3 is 10.1 Å². The molecule has 2 N–H and O–H groups in total. The molecule has 118 valence electrons. The largest absolute Gasteiger partial charge is 0.491 e. The molecular weight excluding hydrogens is 300 g/mol. The van der Waals surface area contributed by atoms with E-state index in [1.54, 1.807) is 0 Å². The molecule has 0 bridgehead atoms. The molecule has 0 aliphatic heterocycles. The Labute approximate surface area is 133 Å². The third-order valence-corrected chi connectivity index (χ3v) is 3.58. The molecule has 0 unspecified atom stereocenters. The average molecular weight is 320 g/mol. The monoisotopic (exact) mass is 320 g/mol. The summed E-state index contributed by atoms with van der Waals surface area (Å²) in [5, 5.41) is 14.5. The predicted molar refractivity (Wildman–Crippen MR) is 87.4 cm³/mol. The third kappa shape index (κ3) is 4.70. The smallest absolute Gasteiger partial charge is 0.321 e. The third-order valence-electron chi connectivity index (χ3n) is 2.82. The molecule has 22 heavy (non-hydrogen) atoms. The Morgan fingerprint density at radius 3 is 2.68 bits per heavy atom. The Kier molecular flexibility index (Phi) is 5.32. The van der Waals surface area contributed by atoms with Gasteiger partial charge in [0.05, 0.1) is 12.1 Å². The van der Waals surface area contributed by atoms with Crippen LogP contribution in [0.15, 0.2) is 24.3 Å². The molecule has 0 saturated heterocycles. The van der Waals surface area contributed by atoms with Gasteiger partial charge in [-0.1, -0.05) is 23.5 Å². The van der Waals surface area contributed by atoms with Crippen molar-refractivity contribution >= 4 is 22.5 Å². The number of aryl methyl sites for hydroxylation is 1. The van der Waals surface area contributed by atoms with Crippen LogP contribution in [0, 0.1) is 6.92 Å². The van der Waals surface area contributed by atoms with Gasteiger partial charge in [-0.3, -0.25) is 5.32 Å². The van der Waals surface area contributed by atoms with E-state index < -0.39 is 0 Å². The quantitative estimate of drug-likeness (QED) is 0.884. The van der Waals surface area contributed by atoms with E-state index in [1.165, 1.54) is 11.3 Å². The summed E-state index contributed by atoms with van der Waals surface area (Å²) in [5.74, 6) is 0.793. The van der Waals surface area contributed by atoms with Gasteiger partial charge in [0, 0.05) is 0 Å². The molecule has 0 aliphatic carbocycles. The molecule has 1 heterocycles. The number of carbonyl (C=O) groups is 1. The van der Waals surface area contributed by atoms with E-state index in [2.05, 4.69) is 20.8 Å². The van der Waals surface area contributed by atoms with Crippen LogP contribution in [0.4, 0.5) is 9.93 Å². The van der Waals surface area contributed by atoms with E-state index in [4.69, 9.17) is 4.74 Å². The first-order chi connectivity index (χ1) is 10.4. The number of hydrogen-bond donors (Lipinski definition) is 2. The number of urea groups is 1. The molecule has 0 aliphatic rings. The summed E-state index contributed by atoms with van der Waals surface area (Å²) in [6.45, 7) is 7.71. The number of amides is 2. The van der Waals surface area contributed by atoms with Gasteiger partial charge in [0.15, 0.2) is 0 Å². The topological polar surface area (TPSA) is 76.1 Å². The second-order valence-electron chi connectivity index (χ2n) is 5.19. The lowest BCUT2D eigenvalue weighted by Gasteiger charge is -2.16. The molecular formula is C15H20N4O2S. The average Bonchev–Trinajstić information content (AvgIpc) is 2.83. The van der Waals surface area contributed by atoms with Gasteiger partial charge in [-0.2, -0.15) is 0 Å². The van der Waals surface area contributed by atoms with Gasteiger partial charge in [0.1, 0.15) is 10.8 Å². The molecule has 1 atom stereocenters. The zero-order valence-corrected chi connectivity index (χ0v) is 13.9. The van der Waals surface area contributed by atoms with Crippen LogP contribution in [-0.4, -0.2) is 22.3 Å². The molecule has 2 aromatic rings. The molecule has 0 radical (unpaired) electrons. The predicted octanol–water partition coefficient (Wildman–Crippen LogP) is 3.52. The van der Waals surface area contributed by atoms with Crippen LogP contribution in [0.2, 0.25) is 0 Å². The fourth-order valence-electron chi connectivity index (χ4n) is 1.89. The fraction of sp³-hybridized carbons (Fsp3) is 0.400. The van der Waals surface area contributed by atoms with Crippen molar-refractivity contribution in [2.75, 3.05) is 5.32 Å². The van der Waals surface area contributed by atoms with Crippen LogP contribution in [0.25, 0.3) is 0 Å². The minimum absolute atomic E-state index is 0.113. The van der Waals surface area contributed by atoms with E-state index in [-0.39, 0.29) is 18.2 Å². The van der Waals surface area contributed by atoms with Crippen molar-refractivity contribution in [2.24, 2.45) is 0 Å². The number of benzene rings is 1. The zero-order chi connectivity index (χ0) is 16.1. The van der Waals surface area contributed by atoms with Crippen LogP contribution in [-0.2, 0) is 0 Å². The van der Waals surface area contributed by atoms with Gasteiger partial charge in [0.25, 0.3) is 0 Å². The van der Waals surface area contributed by atoms with Crippen LogP contribution >= 0.6 is 11.3 Å². The zero-order valence-electron chi connectivity index (χ0n) is 13.1. The summed E-state index contributed by atoms with van der Waals surface area (Å²) in [6, 6.07) is 7.24. The van der Waals surface area contributed by atoms with Gasteiger partial charge in [0.2, 0.25) is 5.13 Å². The summed E-state index contributed by atoms with van der Waals surface area (Å²) in [5.41, 5.74) is 0.974. The Hall–Kier alpha value is -2.15. The van der Waals surface area contributed by atoms with Gasteiger partial charge in [-0.15, -0.1) is 10.2 Å². The van der Waals surface area contributed by atoms with E-state index in [1.807, 2.05) is 52.0 Å². The highest BCUT2D eigenvalue weighted by Crippen LogP contribution is 2.20. The van der Waals surface area contributed by atoms with Crippen LogP contribution in [0.3, 0.4) is 0 Å². The van der Waals surface area contributed by atoms with Gasteiger partial charge >= 0.3 is 6.03 Å². The highest BCUT2D eigenvalue weighted by molar-refractivity contribution is 7.15. The lowest BCUT2D eigenvalue weighted by atomic mass is 10.1. The lowest BCUT2D eigenvalue weighted by molar-refractivity contribution is 0.241. The van der Waals surface area contributed by atoms with Crippen molar-refractivity contribution in [1.82, 2.24) is 15.5 Å². The van der Waals surface area contributed by atoms with E-state index in [0.29, 0.717) is 5.13 Å². The summed E-state index contributed by atoms with van der Waals surface area (Å²) < 4.78 is 5.66. The number of rotatable bonds is 5. The Morgan fingerprint density at radius 1 is 1.27 bits per heavy atom. The van der Waals surface area contributed by atoms with Crippen molar-refractivity contribution in [2.45, 2.75) is 39.8 Å². The maximum absolute atomic E-state index is 12.0. The molecule has 0 spiro atoms. The number of aromatic nitrogens is 2. The molecule has 7 heteroatoms. The molecule has 1 aromatic carbocycles. The lowest BCUT2D eigenvalue weighted by Crippen LogP contribution is -2.31. The molecule has 2 amide bonds. The highest BCUT2D eigenvalue weighted by Gasteiger charge is 2.12. The van der Waals surface area contributed by atoms with E-state index >= 15 is 0 Å². The van der Waals surface area contributed by atoms with Crippen molar-refractivity contribution in [3.05, 3.63) is 34.8 Å². The Bertz CT molecular complexity index is 642. The van der Waals surface area contributed by atoms with E-state index in [9.17, 15) is 4.79 Å². The summed E-state index contributed by atoms with van der Waals surface area (Å²) in [7, 11) is 0. The SMILES string of the molecule is Cc1nnc(NC(=O)N[C@H](C)c2cccc(OC(C)C)c2)s1. The summed E-state index contributed by atoms with van der Waals surface area (Å²) in [6.07, 6.45) is 0.113. The first kappa shape index (κ1) is 16.2. The molecule has 2 rings (SSSR count).